The van der Waals surface area contributed by atoms with Gasteiger partial charge in [-0.05, 0) is 24.7 Å². The van der Waals surface area contributed by atoms with Crippen LogP contribution in [0.4, 0.5) is 0 Å². The summed E-state index contributed by atoms with van der Waals surface area (Å²) in [5, 5.41) is 14.2. The van der Waals surface area contributed by atoms with Crippen LogP contribution < -0.4 is 22.1 Å². The highest BCUT2D eigenvalue weighted by molar-refractivity contribution is 5.92. The van der Waals surface area contributed by atoms with Crippen molar-refractivity contribution in [1.82, 2.24) is 10.6 Å². The zero-order valence-electron chi connectivity index (χ0n) is 15.2. The first-order valence-corrected chi connectivity index (χ1v) is 8.33. The summed E-state index contributed by atoms with van der Waals surface area (Å²) >= 11 is 0. The van der Waals surface area contributed by atoms with Gasteiger partial charge in [-0.15, -0.1) is 0 Å². The third kappa shape index (κ3) is 9.04. The van der Waals surface area contributed by atoms with Crippen molar-refractivity contribution >= 4 is 23.7 Å². The standard InChI is InChI=1S/C16H30N4O5/c1-8(2)7-11(15(23)20-13(9(3)4)16(24)25)19-14(22)10(17)5-6-12(18)21/h8-11,13H,5-7,17H2,1-4H3,(H2,18,21)(H,19,22)(H,20,23)(H,24,25). The van der Waals surface area contributed by atoms with Gasteiger partial charge in [-0.1, -0.05) is 27.7 Å². The molecular formula is C16H30N4O5. The fraction of sp³-hybridized carbons (Fsp3) is 0.750. The molecule has 0 radical (unpaired) electrons. The molecular weight excluding hydrogens is 328 g/mol. The van der Waals surface area contributed by atoms with E-state index in [0.717, 1.165) is 0 Å². The van der Waals surface area contributed by atoms with Gasteiger partial charge < -0.3 is 27.2 Å². The van der Waals surface area contributed by atoms with Crippen molar-refractivity contribution in [2.45, 2.75) is 65.1 Å². The van der Waals surface area contributed by atoms with Crippen molar-refractivity contribution in [1.29, 1.82) is 0 Å². The van der Waals surface area contributed by atoms with Crippen LogP contribution in [-0.4, -0.2) is 46.9 Å². The van der Waals surface area contributed by atoms with Crippen molar-refractivity contribution in [2.75, 3.05) is 0 Å². The Morgan fingerprint density at radius 1 is 1.00 bits per heavy atom. The molecule has 0 saturated heterocycles. The summed E-state index contributed by atoms with van der Waals surface area (Å²) in [5.74, 6) is -3.10. The van der Waals surface area contributed by atoms with Gasteiger partial charge in [0, 0.05) is 6.42 Å². The maximum Gasteiger partial charge on any atom is 0.326 e. The zero-order valence-corrected chi connectivity index (χ0v) is 15.2. The molecule has 0 fully saturated rings. The number of carboxylic acid groups (broad SMARTS) is 1. The number of hydrogen-bond acceptors (Lipinski definition) is 5. The van der Waals surface area contributed by atoms with Crippen molar-refractivity contribution in [3.63, 3.8) is 0 Å². The second kappa shape index (κ2) is 10.7. The van der Waals surface area contributed by atoms with Crippen LogP contribution in [-0.2, 0) is 19.2 Å². The zero-order chi connectivity index (χ0) is 19.7. The summed E-state index contributed by atoms with van der Waals surface area (Å²) in [6, 6.07) is -2.94. The van der Waals surface area contributed by atoms with Gasteiger partial charge in [-0.2, -0.15) is 0 Å². The minimum atomic E-state index is -1.14. The normalized spacial score (nSPS) is 14.7. The Hall–Kier alpha value is -2.16. The monoisotopic (exact) mass is 358 g/mol. The molecule has 3 amide bonds. The Bertz CT molecular complexity index is 493. The second-order valence-corrected chi connectivity index (χ2v) is 6.87. The highest BCUT2D eigenvalue weighted by atomic mass is 16.4. The van der Waals surface area contributed by atoms with E-state index in [0.29, 0.717) is 6.42 Å². The molecule has 0 aliphatic rings. The molecule has 144 valence electrons. The van der Waals surface area contributed by atoms with Crippen LogP contribution in [0.25, 0.3) is 0 Å². The highest BCUT2D eigenvalue weighted by Gasteiger charge is 2.29. The number of rotatable bonds is 11. The average Bonchev–Trinajstić information content (AvgIpc) is 2.47. The number of carbonyl (C=O) groups excluding carboxylic acids is 3. The van der Waals surface area contributed by atoms with Crippen molar-refractivity contribution in [3.8, 4) is 0 Å². The summed E-state index contributed by atoms with van der Waals surface area (Å²) in [6.07, 6.45) is 0.357. The van der Waals surface area contributed by atoms with Gasteiger partial charge in [0.2, 0.25) is 17.7 Å². The Morgan fingerprint density at radius 3 is 1.96 bits per heavy atom. The number of nitrogens with one attached hydrogen (secondary N) is 2. The Labute approximate surface area is 147 Å². The lowest BCUT2D eigenvalue weighted by molar-refractivity contribution is -0.143. The van der Waals surface area contributed by atoms with Crippen molar-refractivity contribution in [2.24, 2.45) is 23.3 Å². The fourth-order valence-corrected chi connectivity index (χ4v) is 2.18. The van der Waals surface area contributed by atoms with E-state index in [-0.39, 0.29) is 24.7 Å². The molecule has 0 aromatic rings. The van der Waals surface area contributed by atoms with E-state index in [2.05, 4.69) is 10.6 Å². The van der Waals surface area contributed by atoms with Gasteiger partial charge in [0.15, 0.2) is 0 Å². The minimum absolute atomic E-state index is 0.0376. The highest BCUT2D eigenvalue weighted by Crippen LogP contribution is 2.08. The quantitative estimate of drug-likeness (QED) is 0.329. The number of carbonyl (C=O) groups is 4. The van der Waals surface area contributed by atoms with E-state index in [4.69, 9.17) is 11.5 Å². The Kier molecular flexibility index (Phi) is 9.73. The van der Waals surface area contributed by atoms with Crippen LogP contribution in [0.2, 0.25) is 0 Å². The van der Waals surface area contributed by atoms with Crippen molar-refractivity contribution in [3.05, 3.63) is 0 Å². The third-order valence-electron chi connectivity index (χ3n) is 3.61. The number of amides is 3. The van der Waals surface area contributed by atoms with Gasteiger partial charge >= 0.3 is 5.97 Å². The van der Waals surface area contributed by atoms with Crippen molar-refractivity contribution < 1.29 is 24.3 Å². The first-order valence-electron chi connectivity index (χ1n) is 8.33. The summed E-state index contributed by atoms with van der Waals surface area (Å²) < 4.78 is 0. The molecule has 0 aromatic heterocycles. The van der Waals surface area contributed by atoms with E-state index >= 15 is 0 Å². The van der Waals surface area contributed by atoms with Crippen LogP contribution in [0.3, 0.4) is 0 Å². The average molecular weight is 358 g/mol. The maximum absolute atomic E-state index is 12.4. The summed E-state index contributed by atoms with van der Waals surface area (Å²) in [4.78, 5) is 46.5. The molecule has 0 aliphatic heterocycles. The smallest absolute Gasteiger partial charge is 0.326 e. The molecule has 7 N–H and O–H groups in total. The summed E-state index contributed by atoms with van der Waals surface area (Å²) in [5.41, 5.74) is 10.7. The van der Waals surface area contributed by atoms with Crippen LogP contribution >= 0.6 is 0 Å². The number of aliphatic carboxylic acids is 1. The first-order chi connectivity index (χ1) is 11.5. The molecule has 0 spiro atoms. The lowest BCUT2D eigenvalue weighted by Gasteiger charge is -2.25. The molecule has 3 unspecified atom stereocenters. The second-order valence-electron chi connectivity index (χ2n) is 6.87. The SMILES string of the molecule is CC(C)CC(NC(=O)C(N)CCC(N)=O)C(=O)NC(C(=O)O)C(C)C. The van der Waals surface area contributed by atoms with E-state index in [1.54, 1.807) is 13.8 Å². The molecule has 0 aromatic carbocycles. The van der Waals surface area contributed by atoms with Gasteiger partial charge in [-0.3, -0.25) is 14.4 Å². The van der Waals surface area contributed by atoms with Crippen LogP contribution in [0.1, 0.15) is 47.0 Å². The van der Waals surface area contributed by atoms with Crippen LogP contribution in [0.15, 0.2) is 0 Å². The lowest BCUT2D eigenvalue weighted by atomic mass is 10.00. The molecule has 0 aliphatic carbocycles. The largest absolute Gasteiger partial charge is 0.480 e. The molecule has 9 heteroatoms. The predicted octanol–water partition coefficient (Wildman–Crippen LogP) is -0.664. The first kappa shape index (κ1) is 22.8. The summed E-state index contributed by atoms with van der Waals surface area (Å²) in [7, 11) is 0. The molecule has 25 heavy (non-hydrogen) atoms. The lowest BCUT2D eigenvalue weighted by Crippen LogP contribution is -2.55. The predicted molar refractivity (Wildman–Crippen MR) is 92.2 cm³/mol. The van der Waals surface area contributed by atoms with E-state index in [9.17, 15) is 24.3 Å². The van der Waals surface area contributed by atoms with Gasteiger partial charge in [0.05, 0.1) is 6.04 Å². The van der Waals surface area contributed by atoms with Crippen LogP contribution in [0, 0.1) is 11.8 Å². The van der Waals surface area contributed by atoms with Gasteiger partial charge in [0.1, 0.15) is 12.1 Å². The molecule has 3 atom stereocenters. The van der Waals surface area contributed by atoms with Gasteiger partial charge in [0.25, 0.3) is 0 Å². The van der Waals surface area contributed by atoms with E-state index in [1.807, 2.05) is 13.8 Å². The Balaban J connectivity index is 4.98. The number of nitrogens with two attached hydrogens (primary N) is 2. The van der Waals surface area contributed by atoms with Gasteiger partial charge in [-0.25, -0.2) is 4.79 Å². The number of primary amides is 1. The third-order valence-corrected chi connectivity index (χ3v) is 3.61. The minimum Gasteiger partial charge on any atom is -0.480 e. The van der Waals surface area contributed by atoms with E-state index in [1.165, 1.54) is 0 Å². The molecule has 9 nitrogen and oxygen atoms in total. The molecule has 0 rings (SSSR count). The topological polar surface area (TPSA) is 165 Å². The molecule has 0 saturated carbocycles. The number of carboxylic acids is 1. The van der Waals surface area contributed by atoms with E-state index < -0.39 is 41.8 Å². The van der Waals surface area contributed by atoms with Crippen LogP contribution in [0.5, 0.6) is 0 Å². The molecule has 0 bridgehead atoms. The number of hydrogen-bond donors (Lipinski definition) is 5. The summed E-state index contributed by atoms with van der Waals surface area (Å²) in [6.45, 7) is 7.09. The fourth-order valence-electron chi connectivity index (χ4n) is 2.18. The maximum atomic E-state index is 12.4. The Morgan fingerprint density at radius 2 is 1.56 bits per heavy atom. The molecule has 0 heterocycles.